The lowest BCUT2D eigenvalue weighted by molar-refractivity contribution is 0.476. The Bertz CT molecular complexity index is 462. The van der Waals surface area contributed by atoms with Gasteiger partial charge in [-0.05, 0) is 38.2 Å². The molecular weight excluding hydrogens is 188 g/mol. The Balaban J connectivity index is 2.30. The highest BCUT2D eigenvalue weighted by molar-refractivity contribution is 5.81. The molecule has 0 saturated heterocycles. The summed E-state index contributed by atoms with van der Waals surface area (Å²) in [5, 5.41) is 13.6. The third kappa shape index (κ3) is 2.13. The van der Waals surface area contributed by atoms with E-state index in [1.807, 2.05) is 13.1 Å². The number of H-pyrrole nitrogens is 1. The summed E-state index contributed by atoms with van der Waals surface area (Å²) in [5.74, 6) is 0.315. The van der Waals surface area contributed by atoms with Crippen molar-refractivity contribution in [2.45, 2.75) is 19.4 Å². The molecule has 0 spiro atoms. The first-order chi connectivity index (χ1) is 7.19. The lowest BCUT2D eigenvalue weighted by Crippen LogP contribution is -2.23. The molecule has 3 N–H and O–H groups in total. The summed E-state index contributed by atoms with van der Waals surface area (Å²) in [7, 11) is 1.96. The van der Waals surface area contributed by atoms with Crippen LogP contribution in [0.2, 0.25) is 0 Å². The summed E-state index contributed by atoms with van der Waals surface area (Å²) in [6, 6.07) is 7.91. The van der Waals surface area contributed by atoms with Gasteiger partial charge in [0, 0.05) is 29.1 Å². The number of phenols is 1. The standard InChI is InChI=1S/C12H16N2O/c1-8(13-2)5-10-6-9-7-11(15)3-4-12(9)14-10/h3-4,6-8,13-15H,5H2,1-2H3. The zero-order valence-corrected chi connectivity index (χ0v) is 9.04. The lowest BCUT2D eigenvalue weighted by Gasteiger charge is -2.07. The minimum absolute atomic E-state index is 0.315. The van der Waals surface area contributed by atoms with Crippen LogP contribution in [-0.4, -0.2) is 23.2 Å². The van der Waals surface area contributed by atoms with Crippen molar-refractivity contribution in [3.63, 3.8) is 0 Å². The van der Waals surface area contributed by atoms with Crippen molar-refractivity contribution in [3.05, 3.63) is 30.0 Å². The molecule has 0 amide bonds. The number of hydrogen-bond acceptors (Lipinski definition) is 2. The van der Waals surface area contributed by atoms with Gasteiger partial charge in [-0.2, -0.15) is 0 Å². The molecule has 0 aliphatic carbocycles. The predicted molar refractivity (Wildman–Crippen MR) is 62.2 cm³/mol. The number of nitrogens with one attached hydrogen (secondary N) is 2. The van der Waals surface area contributed by atoms with Gasteiger partial charge in [0.15, 0.2) is 0 Å². The molecule has 3 nitrogen and oxygen atoms in total. The first-order valence-electron chi connectivity index (χ1n) is 5.17. The average Bonchev–Trinajstić information content (AvgIpc) is 2.59. The maximum Gasteiger partial charge on any atom is 0.116 e. The number of rotatable bonds is 3. The molecule has 0 aliphatic rings. The Kier molecular flexibility index (Phi) is 2.64. The highest BCUT2D eigenvalue weighted by atomic mass is 16.3. The monoisotopic (exact) mass is 204 g/mol. The van der Waals surface area contributed by atoms with Gasteiger partial charge in [0.05, 0.1) is 0 Å². The number of aromatic hydroxyl groups is 1. The molecule has 1 unspecified atom stereocenters. The Morgan fingerprint density at radius 1 is 1.40 bits per heavy atom. The SMILES string of the molecule is CNC(C)Cc1cc2cc(O)ccc2[nH]1. The van der Waals surface area contributed by atoms with Crippen LogP contribution in [0.4, 0.5) is 0 Å². The molecular formula is C12H16N2O. The van der Waals surface area contributed by atoms with Gasteiger partial charge in [-0.3, -0.25) is 0 Å². The number of aromatic nitrogens is 1. The van der Waals surface area contributed by atoms with Crippen molar-refractivity contribution in [2.24, 2.45) is 0 Å². The minimum atomic E-state index is 0.315. The van der Waals surface area contributed by atoms with Gasteiger partial charge in [0.25, 0.3) is 0 Å². The van der Waals surface area contributed by atoms with Crippen LogP contribution < -0.4 is 5.32 Å². The van der Waals surface area contributed by atoms with Crippen LogP contribution >= 0.6 is 0 Å². The van der Waals surface area contributed by atoms with Crippen molar-refractivity contribution < 1.29 is 5.11 Å². The maximum absolute atomic E-state index is 9.34. The van der Waals surface area contributed by atoms with Gasteiger partial charge in [0.2, 0.25) is 0 Å². The summed E-state index contributed by atoms with van der Waals surface area (Å²) >= 11 is 0. The first kappa shape index (κ1) is 10.1. The fraction of sp³-hybridized carbons (Fsp3) is 0.333. The lowest BCUT2D eigenvalue weighted by atomic mass is 10.2. The van der Waals surface area contributed by atoms with Crippen LogP contribution in [0.3, 0.4) is 0 Å². The highest BCUT2D eigenvalue weighted by Crippen LogP contribution is 2.21. The Labute approximate surface area is 89.1 Å². The molecule has 1 aromatic heterocycles. The minimum Gasteiger partial charge on any atom is -0.508 e. The predicted octanol–water partition coefficient (Wildman–Crippen LogP) is 2.02. The molecule has 2 aromatic rings. The van der Waals surface area contributed by atoms with Crippen LogP contribution in [0.15, 0.2) is 24.3 Å². The van der Waals surface area contributed by atoms with E-state index in [1.54, 1.807) is 12.1 Å². The molecule has 80 valence electrons. The van der Waals surface area contributed by atoms with Gasteiger partial charge in [-0.1, -0.05) is 0 Å². The first-order valence-corrected chi connectivity index (χ1v) is 5.17. The zero-order chi connectivity index (χ0) is 10.8. The molecule has 1 aromatic carbocycles. The molecule has 0 fully saturated rings. The van der Waals surface area contributed by atoms with Gasteiger partial charge < -0.3 is 15.4 Å². The van der Waals surface area contributed by atoms with Crippen molar-refractivity contribution in [2.75, 3.05) is 7.05 Å². The Morgan fingerprint density at radius 3 is 2.93 bits per heavy atom. The second-order valence-corrected chi connectivity index (χ2v) is 3.96. The van der Waals surface area contributed by atoms with Crippen LogP contribution in [0, 0.1) is 0 Å². The molecule has 0 radical (unpaired) electrons. The molecule has 15 heavy (non-hydrogen) atoms. The van der Waals surface area contributed by atoms with E-state index in [2.05, 4.69) is 23.3 Å². The summed E-state index contributed by atoms with van der Waals surface area (Å²) < 4.78 is 0. The van der Waals surface area contributed by atoms with Crippen molar-refractivity contribution in [1.82, 2.24) is 10.3 Å². The van der Waals surface area contributed by atoms with Crippen LogP contribution in [0.5, 0.6) is 5.75 Å². The number of hydrogen-bond donors (Lipinski definition) is 3. The van der Waals surface area contributed by atoms with Crippen LogP contribution in [-0.2, 0) is 6.42 Å². The number of fused-ring (bicyclic) bond motifs is 1. The molecule has 1 atom stereocenters. The quantitative estimate of drug-likeness (QED) is 0.716. The Morgan fingerprint density at radius 2 is 2.20 bits per heavy atom. The summed E-state index contributed by atoms with van der Waals surface area (Å²) in [5.41, 5.74) is 2.27. The maximum atomic E-state index is 9.34. The van der Waals surface area contributed by atoms with Crippen LogP contribution in [0.25, 0.3) is 10.9 Å². The van der Waals surface area contributed by atoms with Crippen molar-refractivity contribution in [1.29, 1.82) is 0 Å². The number of phenolic OH excluding ortho intramolecular Hbond substituents is 1. The molecule has 0 bridgehead atoms. The third-order valence-corrected chi connectivity index (χ3v) is 2.68. The molecule has 0 aliphatic heterocycles. The average molecular weight is 204 g/mol. The fourth-order valence-electron chi connectivity index (χ4n) is 1.72. The van der Waals surface area contributed by atoms with Gasteiger partial charge in [-0.15, -0.1) is 0 Å². The smallest absolute Gasteiger partial charge is 0.116 e. The summed E-state index contributed by atoms with van der Waals surface area (Å²) in [4.78, 5) is 3.34. The molecule has 2 rings (SSSR count). The van der Waals surface area contributed by atoms with E-state index in [9.17, 15) is 5.11 Å². The number of aromatic amines is 1. The molecule has 1 heterocycles. The summed E-state index contributed by atoms with van der Waals surface area (Å²) in [6.45, 7) is 2.14. The largest absolute Gasteiger partial charge is 0.508 e. The topological polar surface area (TPSA) is 48.0 Å². The number of benzene rings is 1. The normalized spacial score (nSPS) is 13.2. The second kappa shape index (κ2) is 3.95. The zero-order valence-electron chi connectivity index (χ0n) is 9.04. The van der Waals surface area contributed by atoms with E-state index in [4.69, 9.17) is 0 Å². The number of likely N-dealkylation sites (N-methyl/N-ethyl adjacent to an activating group) is 1. The van der Waals surface area contributed by atoms with E-state index in [1.165, 1.54) is 5.69 Å². The van der Waals surface area contributed by atoms with E-state index in [0.717, 1.165) is 17.3 Å². The summed E-state index contributed by atoms with van der Waals surface area (Å²) in [6.07, 6.45) is 0.964. The third-order valence-electron chi connectivity index (χ3n) is 2.68. The Hall–Kier alpha value is -1.48. The second-order valence-electron chi connectivity index (χ2n) is 3.96. The fourth-order valence-corrected chi connectivity index (χ4v) is 1.72. The van der Waals surface area contributed by atoms with Crippen LogP contribution in [0.1, 0.15) is 12.6 Å². The highest BCUT2D eigenvalue weighted by Gasteiger charge is 2.04. The molecule has 0 saturated carbocycles. The van der Waals surface area contributed by atoms with Gasteiger partial charge in [0.1, 0.15) is 5.75 Å². The van der Waals surface area contributed by atoms with E-state index < -0.39 is 0 Å². The van der Waals surface area contributed by atoms with Gasteiger partial charge >= 0.3 is 0 Å². The van der Waals surface area contributed by atoms with Crippen molar-refractivity contribution in [3.8, 4) is 5.75 Å². The van der Waals surface area contributed by atoms with E-state index in [-0.39, 0.29) is 0 Å². The van der Waals surface area contributed by atoms with Crippen molar-refractivity contribution >= 4 is 10.9 Å². The van der Waals surface area contributed by atoms with E-state index >= 15 is 0 Å². The molecule has 3 heteroatoms. The van der Waals surface area contributed by atoms with E-state index in [0.29, 0.717) is 11.8 Å². The van der Waals surface area contributed by atoms with Gasteiger partial charge in [-0.25, -0.2) is 0 Å².